The van der Waals surface area contributed by atoms with Crippen LogP contribution in [-0.2, 0) is 0 Å². The van der Waals surface area contributed by atoms with Gasteiger partial charge in [-0.25, -0.2) is 4.98 Å². The Morgan fingerprint density at radius 3 is 2.50 bits per heavy atom. The summed E-state index contributed by atoms with van der Waals surface area (Å²) in [4.78, 5) is 7.27. The molecular formula is C19H16ClN3S. The number of anilines is 2. The molecule has 0 atom stereocenters. The number of aryl methyl sites for hydroxylation is 2. The highest BCUT2D eigenvalue weighted by molar-refractivity contribution is 7.15. The SMILES string of the molecule is Cc1ccc2nc(-c3ccc(C)s3)c(Nc3ccc(Cl)cc3)n2c1. The summed E-state index contributed by atoms with van der Waals surface area (Å²) in [7, 11) is 0. The molecule has 0 bridgehead atoms. The average molecular weight is 354 g/mol. The average Bonchev–Trinajstić information content (AvgIpc) is 3.14. The molecule has 0 radical (unpaired) electrons. The number of halogens is 1. The van der Waals surface area contributed by atoms with E-state index in [4.69, 9.17) is 16.6 Å². The van der Waals surface area contributed by atoms with Crippen molar-refractivity contribution in [1.82, 2.24) is 9.38 Å². The maximum Gasteiger partial charge on any atom is 0.144 e. The quantitative estimate of drug-likeness (QED) is 0.483. The predicted octanol–water partition coefficient (Wildman–Crippen LogP) is 6.08. The minimum atomic E-state index is 0.726. The van der Waals surface area contributed by atoms with Gasteiger partial charge in [0.1, 0.15) is 17.2 Å². The Morgan fingerprint density at radius 2 is 1.79 bits per heavy atom. The van der Waals surface area contributed by atoms with Crippen molar-refractivity contribution >= 4 is 40.1 Å². The number of nitrogens with one attached hydrogen (secondary N) is 1. The third-order valence-electron chi connectivity index (χ3n) is 3.85. The van der Waals surface area contributed by atoms with E-state index in [-0.39, 0.29) is 0 Å². The largest absolute Gasteiger partial charge is 0.339 e. The molecule has 0 aliphatic heterocycles. The Kier molecular flexibility index (Phi) is 3.79. The first kappa shape index (κ1) is 15.2. The molecule has 0 unspecified atom stereocenters. The van der Waals surface area contributed by atoms with Gasteiger partial charge in [-0.3, -0.25) is 4.40 Å². The number of fused-ring (bicyclic) bond motifs is 1. The van der Waals surface area contributed by atoms with Crippen LogP contribution in [0, 0.1) is 13.8 Å². The monoisotopic (exact) mass is 353 g/mol. The molecule has 0 fully saturated rings. The number of aromatic nitrogens is 2. The lowest BCUT2D eigenvalue weighted by Gasteiger charge is -2.09. The molecule has 0 saturated heterocycles. The summed E-state index contributed by atoms with van der Waals surface area (Å²) in [5, 5.41) is 4.23. The Bertz CT molecular complexity index is 1010. The van der Waals surface area contributed by atoms with E-state index < -0.39 is 0 Å². The zero-order valence-corrected chi connectivity index (χ0v) is 14.9. The van der Waals surface area contributed by atoms with Crippen LogP contribution in [0.3, 0.4) is 0 Å². The third-order valence-corrected chi connectivity index (χ3v) is 5.11. The molecule has 0 aliphatic carbocycles. The molecule has 120 valence electrons. The van der Waals surface area contributed by atoms with Gasteiger partial charge in [-0.1, -0.05) is 17.7 Å². The summed E-state index contributed by atoms with van der Waals surface area (Å²) >= 11 is 7.75. The standard InChI is InChI=1S/C19H16ClN3S/c1-12-3-10-17-22-18(16-9-4-13(2)24-16)19(23(17)11-12)21-15-7-5-14(20)6-8-15/h3-11,21H,1-2H3. The van der Waals surface area contributed by atoms with Gasteiger partial charge < -0.3 is 5.32 Å². The molecule has 1 aromatic carbocycles. The fraction of sp³-hybridized carbons (Fsp3) is 0.105. The summed E-state index contributed by atoms with van der Waals surface area (Å²) in [6.45, 7) is 4.20. The van der Waals surface area contributed by atoms with Gasteiger partial charge in [0.25, 0.3) is 0 Å². The lowest BCUT2D eigenvalue weighted by Crippen LogP contribution is -1.97. The number of hydrogen-bond acceptors (Lipinski definition) is 3. The lowest BCUT2D eigenvalue weighted by atomic mass is 10.3. The van der Waals surface area contributed by atoms with E-state index in [2.05, 4.69) is 48.0 Å². The van der Waals surface area contributed by atoms with E-state index in [9.17, 15) is 0 Å². The molecule has 5 heteroatoms. The predicted molar refractivity (Wildman–Crippen MR) is 103 cm³/mol. The Hall–Kier alpha value is -2.30. The van der Waals surface area contributed by atoms with Crippen LogP contribution in [0.5, 0.6) is 0 Å². The summed E-state index contributed by atoms with van der Waals surface area (Å²) in [6, 6.07) is 16.1. The molecule has 0 spiro atoms. The van der Waals surface area contributed by atoms with E-state index in [1.54, 1.807) is 11.3 Å². The summed E-state index contributed by atoms with van der Waals surface area (Å²) in [6.07, 6.45) is 2.10. The van der Waals surface area contributed by atoms with Crippen LogP contribution in [0.2, 0.25) is 5.02 Å². The first-order chi connectivity index (χ1) is 11.6. The van der Waals surface area contributed by atoms with Crippen LogP contribution in [0.25, 0.3) is 16.2 Å². The smallest absolute Gasteiger partial charge is 0.144 e. The second-order valence-corrected chi connectivity index (χ2v) is 7.51. The molecule has 4 aromatic rings. The van der Waals surface area contributed by atoms with E-state index in [1.165, 1.54) is 10.4 Å². The first-order valence-corrected chi connectivity index (χ1v) is 8.88. The highest BCUT2D eigenvalue weighted by Gasteiger charge is 2.16. The summed E-state index contributed by atoms with van der Waals surface area (Å²) in [5.74, 6) is 0.970. The maximum absolute atomic E-state index is 6.00. The Balaban J connectivity index is 1.89. The van der Waals surface area contributed by atoms with Gasteiger partial charge in [0.15, 0.2) is 0 Å². The Morgan fingerprint density at radius 1 is 1.00 bits per heavy atom. The first-order valence-electron chi connectivity index (χ1n) is 7.68. The molecule has 1 N–H and O–H groups in total. The highest BCUT2D eigenvalue weighted by atomic mass is 35.5. The molecule has 3 aromatic heterocycles. The molecule has 3 nitrogen and oxygen atoms in total. The van der Waals surface area contributed by atoms with Crippen molar-refractivity contribution in [1.29, 1.82) is 0 Å². The van der Waals surface area contributed by atoms with E-state index in [0.29, 0.717) is 0 Å². The number of thiophene rings is 1. The van der Waals surface area contributed by atoms with Crippen LogP contribution < -0.4 is 5.32 Å². The van der Waals surface area contributed by atoms with Gasteiger partial charge in [0, 0.05) is 21.8 Å². The molecule has 0 aliphatic rings. The van der Waals surface area contributed by atoms with Crippen LogP contribution in [0.15, 0.2) is 54.7 Å². The molecular weight excluding hydrogens is 338 g/mol. The molecule has 4 rings (SSSR count). The van der Waals surface area contributed by atoms with Crippen molar-refractivity contribution in [2.24, 2.45) is 0 Å². The number of rotatable bonds is 3. The summed E-state index contributed by atoms with van der Waals surface area (Å²) in [5.41, 5.74) is 4.07. The zero-order chi connectivity index (χ0) is 16.7. The topological polar surface area (TPSA) is 29.3 Å². The maximum atomic E-state index is 6.00. The van der Waals surface area contributed by atoms with Gasteiger partial charge >= 0.3 is 0 Å². The molecule has 3 heterocycles. The van der Waals surface area contributed by atoms with Gasteiger partial charge in [-0.15, -0.1) is 11.3 Å². The highest BCUT2D eigenvalue weighted by Crippen LogP contribution is 2.35. The molecule has 0 saturated carbocycles. The van der Waals surface area contributed by atoms with Crippen LogP contribution in [0.1, 0.15) is 10.4 Å². The lowest BCUT2D eigenvalue weighted by molar-refractivity contribution is 1.16. The van der Waals surface area contributed by atoms with E-state index in [0.717, 1.165) is 32.7 Å². The Labute approximate surface area is 149 Å². The number of pyridine rings is 1. The van der Waals surface area contributed by atoms with Crippen LogP contribution in [-0.4, -0.2) is 9.38 Å². The van der Waals surface area contributed by atoms with Gasteiger partial charge in [-0.05, 0) is 61.9 Å². The zero-order valence-electron chi connectivity index (χ0n) is 13.4. The molecule has 24 heavy (non-hydrogen) atoms. The number of hydrogen-bond donors (Lipinski definition) is 1. The number of nitrogens with zero attached hydrogens (tertiary/aromatic N) is 2. The van der Waals surface area contributed by atoms with Gasteiger partial charge in [0.2, 0.25) is 0 Å². The minimum Gasteiger partial charge on any atom is -0.339 e. The van der Waals surface area contributed by atoms with Crippen LogP contribution in [0.4, 0.5) is 11.5 Å². The fourth-order valence-electron chi connectivity index (χ4n) is 2.67. The normalized spacial score (nSPS) is 11.1. The van der Waals surface area contributed by atoms with Crippen molar-refractivity contribution < 1.29 is 0 Å². The second kappa shape index (κ2) is 5.96. The van der Waals surface area contributed by atoms with E-state index >= 15 is 0 Å². The second-order valence-electron chi connectivity index (χ2n) is 5.79. The van der Waals surface area contributed by atoms with Crippen molar-refractivity contribution in [3.05, 3.63) is 70.2 Å². The summed E-state index contributed by atoms with van der Waals surface area (Å²) < 4.78 is 2.11. The van der Waals surface area contributed by atoms with Gasteiger partial charge in [-0.2, -0.15) is 0 Å². The minimum absolute atomic E-state index is 0.726. The van der Waals surface area contributed by atoms with Crippen LogP contribution >= 0.6 is 22.9 Å². The van der Waals surface area contributed by atoms with E-state index in [1.807, 2.05) is 30.3 Å². The number of imidazole rings is 1. The van der Waals surface area contributed by atoms with Crippen molar-refractivity contribution in [2.45, 2.75) is 13.8 Å². The third kappa shape index (κ3) is 2.79. The van der Waals surface area contributed by atoms with Crippen molar-refractivity contribution in [3.8, 4) is 10.6 Å². The van der Waals surface area contributed by atoms with Crippen molar-refractivity contribution in [2.75, 3.05) is 5.32 Å². The van der Waals surface area contributed by atoms with Crippen molar-refractivity contribution in [3.63, 3.8) is 0 Å². The molecule has 0 amide bonds. The number of benzene rings is 1. The van der Waals surface area contributed by atoms with Gasteiger partial charge in [0.05, 0.1) is 4.88 Å². The fourth-order valence-corrected chi connectivity index (χ4v) is 3.66.